The molecule has 0 aromatic carbocycles. The molecule has 2 heteroatoms. The van der Waals surface area contributed by atoms with Crippen LogP contribution in [0, 0.1) is 6.26 Å². The van der Waals surface area contributed by atoms with Crippen molar-refractivity contribution in [2.45, 2.75) is 12.8 Å². The highest BCUT2D eigenvalue weighted by Gasteiger charge is 2.08. The Hall–Kier alpha value is 0.310. The van der Waals surface area contributed by atoms with Crippen LogP contribution in [0.15, 0.2) is 0 Å². The molecule has 1 aliphatic rings. The molecule has 0 saturated carbocycles. The Morgan fingerprint density at radius 2 is 1.86 bits per heavy atom. The largest absolute Gasteiger partial charge is 0.251 e. The minimum atomic E-state index is 1.24. The van der Waals surface area contributed by atoms with E-state index < -0.39 is 0 Å². The zero-order valence-corrected chi connectivity index (χ0v) is 5.21. The molecule has 0 N–H and O–H groups in total. The molecule has 0 aromatic rings. The molecule has 0 bridgehead atoms. The Labute approximate surface area is 49.2 Å². The molecule has 1 radical (unpaired) electrons. The van der Waals surface area contributed by atoms with Crippen molar-refractivity contribution in [3.63, 3.8) is 0 Å². The van der Waals surface area contributed by atoms with Crippen LogP contribution in [-0.4, -0.2) is 17.4 Å². The van der Waals surface area contributed by atoms with Crippen molar-refractivity contribution in [2.24, 2.45) is 0 Å². The fourth-order valence-electron chi connectivity index (χ4n) is 0.817. The number of hydrogen-bond acceptors (Lipinski definition) is 2. The Morgan fingerprint density at radius 1 is 1.29 bits per heavy atom. The summed E-state index contributed by atoms with van der Waals surface area (Å²) in [7, 11) is 0. The smallest absolute Gasteiger partial charge is 0.0184 e. The molecule has 1 nitrogen and oxygen atoms in total. The van der Waals surface area contributed by atoms with Crippen molar-refractivity contribution in [3.05, 3.63) is 6.26 Å². The topological polar surface area (TPSA) is 3.24 Å². The zero-order valence-electron chi connectivity index (χ0n) is 4.39. The normalized spacial score (nSPS) is 23.6. The summed E-state index contributed by atoms with van der Waals surface area (Å²) in [4.78, 5) is 0. The first-order valence-corrected chi connectivity index (χ1v) is 3.55. The fraction of sp³-hybridized carbons (Fsp3) is 0.800. The number of hydrogen-bond donors (Lipinski definition) is 0. The Kier molecular flexibility index (Phi) is 2.00. The first kappa shape index (κ1) is 5.45. The summed E-state index contributed by atoms with van der Waals surface area (Å²) in [6, 6.07) is 0. The van der Waals surface area contributed by atoms with E-state index in [9.17, 15) is 0 Å². The number of nitrogens with zero attached hydrogens (tertiary/aromatic N) is 1. The second-order valence-electron chi connectivity index (χ2n) is 1.77. The van der Waals surface area contributed by atoms with Gasteiger partial charge in [-0.1, -0.05) is 11.9 Å². The van der Waals surface area contributed by atoms with Crippen molar-refractivity contribution in [3.8, 4) is 0 Å². The summed E-state index contributed by atoms with van der Waals surface area (Å²) in [6.45, 7) is 2.49. The lowest BCUT2D eigenvalue weighted by Crippen LogP contribution is -2.06. The molecule has 1 fully saturated rings. The Morgan fingerprint density at radius 3 is 2.14 bits per heavy atom. The summed E-state index contributed by atoms with van der Waals surface area (Å²) in [5, 5.41) is 0. The maximum Gasteiger partial charge on any atom is 0.0184 e. The maximum absolute atomic E-state index is 3.71. The van der Waals surface area contributed by atoms with E-state index >= 15 is 0 Å². The number of rotatable bonds is 1. The van der Waals surface area contributed by atoms with Crippen LogP contribution < -0.4 is 0 Å². The predicted molar refractivity (Wildman–Crippen MR) is 33.8 cm³/mol. The van der Waals surface area contributed by atoms with Gasteiger partial charge in [-0.3, -0.25) is 4.31 Å². The van der Waals surface area contributed by atoms with Gasteiger partial charge in [-0.05, 0) is 12.8 Å². The molecular weight excluding hydrogens is 106 g/mol. The highest BCUT2D eigenvalue weighted by molar-refractivity contribution is 7.98. The van der Waals surface area contributed by atoms with Crippen molar-refractivity contribution in [1.29, 1.82) is 0 Å². The molecule has 0 aliphatic carbocycles. The molecule has 1 saturated heterocycles. The summed E-state index contributed by atoms with van der Waals surface area (Å²) in [5.41, 5.74) is 0. The van der Waals surface area contributed by atoms with Crippen molar-refractivity contribution < 1.29 is 0 Å². The van der Waals surface area contributed by atoms with Gasteiger partial charge in [0, 0.05) is 19.3 Å². The van der Waals surface area contributed by atoms with Gasteiger partial charge in [0.25, 0.3) is 0 Å². The minimum absolute atomic E-state index is 1.24. The van der Waals surface area contributed by atoms with Gasteiger partial charge in [0.1, 0.15) is 0 Å². The monoisotopic (exact) mass is 116 g/mol. The van der Waals surface area contributed by atoms with Crippen molar-refractivity contribution in [1.82, 2.24) is 4.31 Å². The summed E-state index contributed by atoms with van der Waals surface area (Å²) >= 11 is 1.62. The molecule has 0 atom stereocenters. The molecule has 0 unspecified atom stereocenters. The first-order valence-electron chi connectivity index (χ1n) is 2.60. The van der Waals surface area contributed by atoms with E-state index in [0.29, 0.717) is 0 Å². The molecule has 7 heavy (non-hydrogen) atoms. The van der Waals surface area contributed by atoms with Crippen LogP contribution in [0.2, 0.25) is 0 Å². The van der Waals surface area contributed by atoms with Gasteiger partial charge >= 0.3 is 0 Å². The van der Waals surface area contributed by atoms with Crippen LogP contribution in [0.5, 0.6) is 0 Å². The van der Waals surface area contributed by atoms with Gasteiger partial charge in [-0.15, -0.1) is 0 Å². The van der Waals surface area contributed by atoms with Gasteiger partial charge in [0.15, 0.2) is 0 Å². The van der Waals surface area contributed by atoms with E-state index in [0.717, 1.165) is 0 Å². The van der Waals surface area contributed by atoms with Gasteiger partial charge in [0.2, 0.25) is 0 Å². The standard InChI is InChI=1S/C5H10NS/c1-7-6-4-2-3-5-6/h1-5H2. The second-order valence-corrected chi connectivity index (χ2v) is 2.54. The highest BCUT2D eigenvalue weighted by atomic mass is 32.2. The van der Waals surface area contributed by atoms with E-state index in [1.54, 1.807) is 11.9 Å². The molecule has 0 spiro atoms. The minimum Gasteiger partial charge on any atom is -0.251 e. The lowest BCUT2D eigenvalue weighted by molar-refractivity contribution is 0.590. The average molecular weight is 116 g/mol. The van der Waals surface area contributed by atoms with Crippen LogP contribution in [-0.2, 0) is 0 Å². The summed E-state index contributed by atoms with van der Waals surface area (Å²) < 4.78 is 2.29. The Balaban J connectivity index is 2.14. The van der Waals surface area contributed by atoms with E-state index in [1.807, 2.05) is 0 Å². The van der Waals surface area contributed by atoms with E-state index in [4.69, 9.17) is 0 Å². The third-order valence-corrected chi connectivity index (χ3v) is 1.98. The van der Waals surface area contributed by atoms with Crippen molar-refractivity contribution >= 4 is 11.9 Å². The van der Waals surface area contributed by atoms with Crippen LogP contribution in [0.4, 0.5) is 0 Å². The molecule has 0 amide bonds. The fourth-order valence-corrected chi connectivity index (χ4v) is 1.33. The van der Waals surface area contributed by atoms with E-state index in [2.05, 4.69) is 10.6 Å². The van der Waals surface area contributed by atoms with Crippen LogP contribution in [0.1, 0.15) is 12.8 Å². The SMILES string of the molecule is [CH2]SN1CCCC1. The van der Waals surface area contributed by atoms with Gasteiger partial charge in [0.05, 0.1) is 0 Å². The summed E-state index contributed by atoms with van der Waals surface area (Å²) in [5.74, 6) is 0. The van der Waals surface area contributed by atoms with E-state index in [1.165, 1.54) is 25.9 Å². The Bertz CT molecular complexity index is 50.0. The lowest BCUT2D eigenvalue weighted by Gasteiger charge is -2.06. The summed E-state index contributed by atoms with van der Waals surface area (Å²) in [6.07, 6.45) is 6.44. The second kappa shape index (κ2) is 2.58. The third-order valence-electron chi connectivity index (χ3n) is 1.25. The third kappa shape index (κ3) is 1.35. The first-order chi connectivity index (χ1) is 3.43. The lowest BCUT2D eigenvalue weighted by atomic mass is 10.4. The quantitative estimate of drug-likeness (QED) is 0.478. The van der Waals surface area contributed by atoms with Crippen LogP contribution in [0.25, 0.3) is 0 Å². The highest BCUT2D eigenvalue weighted by Crippen LogP contribution is 2.15. The predicted octanol–water partition coefficient (Wildman–Crippen LogP) is 1.52. The molecule has 41 valence electrons. The zero-order chi connectivity index (χ0) is 5.11. The van der Waals surface area contributed by atoms with Crippen LogP contribution in [0.3, 0.4) is 0 Å². The van der Waals surface area contributed by atoms with Crippen molar-refractivity contribution in [2.75, 3.05) is 13.1 Å². The molecule has 1 heterocycles. The van der Waals surface area contributed by atoms with E-state index in [-0.39, 0.29) is 0 Å². The maximum atomic E-state index is 3.71. The molecule has 0 aromatic heterocycles. The molecule has 1 aliphatic heterocycles. The molecular formula is C5H10NS. The van der Waals surface area contributed by atoms with Gasteiger partial charge in [-0.2, -0.15) is 0 Å². The molecule has 1 rings (SSSR count). The van der Waals surface area contributed by atoms with Crippen LogP contribution >= 0.6 is 11.9 Å². The van der Waals surface area contributed by atoms with Gasteiger partial charge < -0.3 is 0 Å². The van der Waals surface area contributed by atoms with Gasteiger partial charge in [-0.25, -0.2) is 0 Å². The average Bonchev–Trinajstić information content (AvgIpc) is 2.14.